The Balaban J connectivity index is 2.18. The van der Waals surface area contributed by atoms with Gasteiger partial charge >= 0.3 is 0 Å². The number of nitrogens with two attached hydrogens (primary N) is 1. The lowest BCUT2D eigenvalue weighted by molar-refractivity contribution is -0.520. The first-order valence-corrected chi connectivity index (χ1v) is 6.04. The number of rotatable bonds is 3. The maximum Gasteiger partial charge on any atom is 0.267 e. The molecule has 2 aromatic carbocycles. The van der Waals surface area contributed by atoms with E-state index in [0.29, 0.717) is 0 Å². The van der Waals surface area contributed by atoms with Gasteiger partial charge in [-0.1, -0.05) is 36.4 Å². The molecule has 5 nitrogen and oxygen atoms in total. The predicted molar refractivity (Wildman–Crippen MR) is 74.5 cm³/mol. The van der Waals surface area contributed by atoms with Crippen LogP contribution < -0.4 is 5.73 Å². The van der Waals surface area contributed by atoms with Crippen molar-refractivity contribution in [2.24, 2.45) is 5.73 Å². The van der Waals surface area contributed by atoms with E-state index in [1.165, 1.54) is 0 Å². The third kappa shape index (κ3) is 1.94. The van der Waals surface area contributed by atoms with E-state index in [2.05, 4.69) is 4.98 Å². The Bertz CT molecular complexity index is 764. The van der Waals surface area contributed by atoms with Crippen LogP contribution in [0.25, 0.3) is 21.8 Å². The van der Waals surface area contributed by atoms with Gasteiger partial charge in [0, 0.05) is 21.2 Å². The Labute approximate surface area is 109 Å². The lowest BCUT2D eigenvalue weighted by Gasteiger charge is -2.05. The molecule has 0 amide bonds. The number of nitrogens with zero attached hydrogens (tertiary/aromatic N) is 1. The van der Waals surface area contributed by atoms with E-state index in [1.54, 1.807) is 0 Å². The Morgan fingerprint density at radius 1 is 1.16 bits per heavy atom. The standard InChI is InChI=1S/C14H13N3O2/c15-13(17(18)19)8-9-4-3-6-11-10-5-1-2-7-12(10)16-14(9)11/h1-7,13,16H,8,15H2. The molecule has 1 heterocycles. The highest BCUT2D eigenvalue weighted by Gasteiger charge is 2.17. The smallest absolute Gasteiger partial charge is 0.267 e. The van der Waals surface area contributed by atoms with Gasteiger partial charge in [0.1, 0.15) is 0 Å². The quantitative estimate of drug-likeness (QED) is 0.428. The molecule has 3 rings (SSSR count). The maximum absolute atomic E-state index is 10.7. The van der Waals surface area contributed by atoms with Crippen molar-refractivity contribution in [1.82, 2.24) is 4.98 Å². The zero-order chi connectivity index (χ0) is 13.4. The predicted octanol–water partition coefficient (Wildman–Crippen LogP) is 2.43. The molecule has 0 saturated heterocycles. The van der Waals surface area contributed by atoms with Crippen LogP contribution in [0.2, 0.25) is 0 Å². The summed E-state index contributed by atoms with van der Waals surface area (Å²) >= 11 is 0. The second-order valence-corrected chi connectivity index (χ2v) is 4.57. The van der Waals surface area contributed by atoms with E-state index >= 15 is 0 Å². The number of nitrogens with one attached hydrogen (secondary N) is 1. The monoisotopic (exact) mass is 255 g/mol. The fourth-order valence-corrected chi connectivity index (χ4v) is 2.40. The molecule has 19 heavy (non-hydrogen) atoms. The van der Waals surface area contributed by atoms with Crippen LogP contribution in [0.1, 0.15) is 5.56 Å². The van der Waals surface area contributed by atoms with Gasteiger partial charge in [0.05, 0.1) is 11.9 Å². The van der Waals surface area contributed by atoms with Gasteiger partial charge in [0.2, 0.25) is 0 Å². The summed E-state index contributed by atoms with van der Waals surface area (Å²) in [6.07, 6.45) is -0.853. The van der Waals surface area contributed by atoms with Crippen molar-refractivity contribution in [2.75, 3.05) is 0 Å². The summed E-state index contributed by atoms with van der Waals surface area (Å²) in [5.74, 6) is 0. The van der Waals surface area contributed by atoms with Gasteiger partial charge in [-0.05, 0) is 11.6 Å². The number of hydrogen-bond acceptors (Lipinski definition) is 3. The molecule has 0 fully saturated rings. The number of H-pyrrole nitrogens is 1. The van der Waals surface area contributed by atoms with Crippen LogP contribution >= 0.6 is 0 Å². The molecule has 0 spiro atoms. The van der Waals surface area contributed by atoms with E-state index in [1.807, 2.05) is 42.5 Å². The third-order valence-corrected chi connectivity index (χ3v) is 3.33. The number of hydrogen-bond donors (Lipinski definition) is 2. The normalized spacial score (nSPS) is 12.9. The minimum absolute atomic E-state index is 0.219. The molecule has 0 saturated carbocycles. The zero-order valence-corrected chi connectivity index (χ0v) is 10.2. The molecule has 96 valence electrons. The average Bonchev–Trinajstić information content (AvgIpc) is 2.78. The summed E-state index contributed by atoms with van der Waals surface area (Å²) < 4.78 is 0. The molecular formula is C14H13N3O2. The van der Waals surface area contributed by atoms with Crippen molar-refractivity contribution in [1.29, 1.82) is 0 Å². The number of aromatic nitrogens is 1. The first-order valence-electron chi connectivity index (χ1n) is 6.04. The van der Waals surface area contributed by atoms with E-state index in [9.17, 15) is 10.1 Å². The molecule has 1 atom stereocenters. The van der Waals surface area contributed by atoms with Crippen LogP contribution in [0.4, 0.5) is 0 Å². The second kappa shape index (κ2) is 4.37. The molecule has 3 N–H and O–H groups in total. The first-order chi connectivity index (χ1) is 9.16. The van der Waals surface area contributed by atoms with Gasteiger partial charge < -0.3 is 4.98 Å². The average molecular weight is 255 g/mol. The molecule has 0 aliphatic rings. The van der Waals surface area contributed by atoms with Crippen molar-refractivity contribution >= 4 is 21.8 Å². The summed E-state index contributed by atoms with van der Waals surface area (Å²) in [6.45, 7) is 0. The van der Waals surface area contributed by atoms with Crippen LogP contribution in [-0.2, 0) is 6.42 Å². The van der Waals surface area contributed by atoms with Crippen LogP contribution in [0, 0.1) is 10.1 Å². The van der Waals surface area contributed by atoms with Crippen LogP contribution in [-0.4, -0.2) is 16.1 Å². The minimum atomic E-state index is -1.07. The molecule has 1 aromatic heterocycles. The van der Waals surface area contributed by atoms with Gasteiger partial charge in [0.25, 0.3) is 6.17 Å². The number of benzene rings is 2. The highest BCUT2D eigenvalue weighted by Crippen LogP contribution is 2.27. The fraction of sp³-hybridized carbons (Fsp3) is 0.143. The van der Waals surface area contributed by atoms with Gasteiger partial charge in [-0.2, -0.15) is 0 Å². The first kappa shape index (κ1) is 11.7. The van der Waals surface area contributed by atoms with Crippen LogP contribution in [0.3, 0.4) is 0 Å². The Hall–Kier alpha value is -2.40. The minimum Gasteiger partial charge on any atom is -0.354 e. The Morgan fingerprint density at radius 3 is 2.68 bits per heavy atom. The summed E-state index contributed by atoms with van der Waals surface area (Å²) in [7, 11) is 0. The van der Waals surface area contributed by atoms with E-state index in [0.717, 1.165) is 27.4 Å². The third-order valence-electron chi connectivity index (χ3n) is 3.33. The Morgan fingerprint density at radius 2 is 1.89 bits per heavy atom. The molecule has 0 bridgehead atoms. The second-order valence-electron chi connectivity index (χ2n) is 4.57. The van der Waals surface area contributed by atoms with Gasteiger partial charge in [0.15, 0.2) is 0 Å². The summed E-state index contributed by atoms with van der Waals surface area (Å²) in [5.41, 5.74) is 8.35. The molecular weight excluding hydrogens is 242 g/mol. The lowest BCUT2D eigenvalue weighted by atomic mass is 10.1. The molecule has 0 aliphatic carbocycles. The fourth-order valence-electron chi connectivity index (χ4n) is 2.40. The molecule has 5 heteroatoms. The summed E-state index contributed by atoms with van der Waals surface area (Å²) in [5, 5.41) is 12.9. The van der Waals surface area contributed by atoms with Crippen molar-refractivity contribution in [3.8, 4) is 0 Å². The molecule has 3 aromatic rings. The number of nitro groups is 1. The topological polar surface area (TPSA) is 85.0 Å². The van der Waals surface area contributed by atoms with E-state index in [4.69, 9.17) is 5.73 Å². The van der Waals surface area contributed by atoms with Gasteiger partial charge in [-0.3, -0.25) is 15.8 Å². The van der Waals surface area contributed by atoms with Crippen molar-refractivity contribution in [3.63, 3.8) is 0 Å². The molecule has 0 aliphatic heterocycles. The highest BCUT2D eigenvalue weighted by molar-refractivity contribution is 6.08. The molecule has 1 unspecified atom stereocenters. The van der Waals surface area contributed by atoms with E-state index in [-0.39, 0.29) is 6.42 Å². The summed E-state index contributed by atoms with van der Waals surface area (Å²) in [4.78, 5) is 13.5. The van der Waals surface area contributed by atoms with Crippen molar-refractivity contribution in [3.05, 3.63) is 58.1 Å². The highest BCUT2D eigenvalue weighted by atomic mass is 16.6. The SMILES string of the molecule is NC(Cc1cccc2c1[nH]c1ccccc12)[N+](=O)[O-]. The zero-order valence-electron chi connectivity index (χ0n) is 10.2. The van der Waals surface area contributed by atoms with Gasteiger partial charge in [-0.15, -0.1) is 0 Å². The maximum atomic E-state index is 10.7. The van der Waals surface area contributed by atoms with Crippen molar-refractivity contribution < 1.29 is 4.92 Å². The van der Waals surface area contributed by atoms with E-state index < -0.39 is 11.1 Å². The van der Waals surface area contributed by atoms with Crippen LogP contribution in [0.5, 0.6) is 0 Å². The largest absolute Gasteiger partial charge is 0.354 e. The number of para-hydroxylation sites is 2. The number of aromatic amines is 1. The Kier molecular flexibility index (Phi) is 2.68. The van der Waals surface area contributed by atoms with Crippen molar-refractivity contribution in [2.45, 2.75) is 12.6 Å². The summed E-state index contributed by atoms with van der Waals surface area (Å²) in [6, 6.07) is 13.8. The van der Waals surface area contributed by atoms with Crippen LogP contribution in [0.15, 0.2) is 42.5 Å². The molecule has 0 radical (unpaired) electrons. The number of fused-ring (bicyclic) bond motifs is 3. The van der Waals surface area contributed by atoms with Gasteiger partial charge in [-0.25, -0.2) is 0 Å². The lowest BCUT2D eigenvalue weighted by Crippen LogP contribution is -2.31.